The quantitative estimate of drug-likeness (QED) is 0.358. The standard InChI is InChI=1S/C7H16N4O/c1-5(7(2,3)12-4)10-11-6(8)9/h1-4H3,(H4,8,9,11)/b10-5+. The van der Waals surface area contributed by atoms with Gasteiger partial charge in [-0.15, -0.1) is 5.10 Å². The third-order valence-electron chi connectivity index (χ3n) is 1.70. The molecule has 0 saturated carbocycles. The van der Waals surface area contributed by atoms with E-state index < -0.39 is 5.60 Å². The molecule has 12 heavy (non-hydrogen) atoms. The Bertz CT molecular complexity index is 203. The Morgan fingerprint density at radius 1 is 1.25 bits per heavy atom. The molecule has 0 aromatic carbocycles. The summed E-state index contributed by atoms with van der Waals surface area (Å²) < 4.78 is 5.15. The summed E-state index contributed by atoms with van der Waals surface area (Å²) in [6.07, 6.45) is 0. The van der Waals surface area contributed by atoms with Crippen LogP contribution in [0.5, 0.6) is 0 Å². The van der Waals surface area contributed by atoms with E-state index in [1.807, 2.05) is 13.8 Å². The molecule has 0 rings (SSSR count). The van der Waals surface area contributed by atoms with Crippen molar-refractivity contribution < 1.29 is 4.74 Å². The Kier molecular flexibility index (Phi) is 3.69. The smallest absolute Gasteiger partial charge is 0.211 e. The number of hydrogen-bond acceptors (Lipinski definition) is 3. The molecular formula is C7H16N4O. The van der Waals surface area contributed by atoms with Gasteiger partial charge in [-0.05, 0) is 20.8 Å². The van der Waals surface area contributed by atoms with Crippen molar-refractivity contribution in [3.05, 3.63) is 0 Å². The molecule has 5 nitrogen and oxygen atoms in total. The number of rotatable bonds is 3. The van der Waals surface area contributed by atoms with E-state index in [-0.39, 0.29) is 5.96 Å². The van der Waals surface area contributed by atoms with E-state index in [4.69, 9.17) is 16.2 Å². The van der Waals surface area contributed by atoms with Gasteiger partial charge in [0.2, 0.25) is 5.96 Å². The maximum absolute atomic E-state index is 5.15. The van der Waals surface area contributed by atoms with Crippen molar-refractivity contribution in [3.63, 3.8) is 0 Å². The number of ether oxygens (including phenoxy) is 1. The van der Waals surface area contributed by atoms with Crippen molar-refractivity contribution in [1.82, 2.24) is 0 Å². The highest BCUT2D eigenvalue weighted by molar-refractivity contribution is 5.90. The molecule has 0 amide bonds. The predicted octanol–water partition coefficient (Wildman–Crippen LogP) is 0.0607. The molecule has 0 unspecified atom stereocenters. The molecule has 0 fully saturated rings. The van der Waals surface area contributed by atoms with Crippen molar-refractivity contribution in [2.45, 2.75) is 26.4 Å². The lowest BCUT2D eigenvalue weighted by atomic mass is 10.0. The summed E-state index contributed by atoms with van der Waals surface area (Å²) in [5.41, 5.74) is 10.5. The van der Waals surface area contributed by atoms with Crippen LogP contribution in [0.4, 0.5) is 0 Å². The monoisotopic (exact) mass is 172 g/mol. The van der Waals surface area contributed by atoms with Gasteiger partial charge < -0.3 is 16.2 Å². The Morgan fingerprint density at radius 2 is 1.75 bits per heavy atom. The first-order valence-electron chi connectivity index (χ1n) is 3.59. The fourth-order valence-corrected chi connectivity index (χ4v) is 0.401. The second kappa shape index (κ2) is 4.06. The number of methoxy groups -OCH3 is 1. The zero-order chi connectivity index (χ0) is 9.78. The van der Waals surface area contributed by atoms with E-state index in [9.17, 15) is 0 Å². The summed E-state index contributed by atoms with van der Waals surface area (Å²) in [7, 11) is 1.61. The van der Waals surface area contributed by atoms with E-state index in [1.165, 1.54) is 0 Å². The fraction of sp³-hybridized carbons (Fsp3) is 0.714. The van der Waals surface area contributed by atoms with Gasteiger partial charge in [-0.25, -0.2) is 0 Å². The van der Waals surface area contributed by atoms with Gasteiger partial charge in [-0.1, -0.05) is 0 Å². The van der Waals surface area contributed by atoms with Gasteiger partial charge in [0.25, 0.3) is 0 Å². The minimum absolute atomic E-state index is 0.0544. The highest BCUT2D eigenvalue weighted by Crippen LogP contribution is 2.09. The zero-order valence-corrected chi connectivity index (χ0v) is 7.96. The van der Waals surface area contributed by atoms with E-state index in [0.717, 1.165) is 5.71 Å². The molecule has 0 radical (unpaired) electrons. The van der Waals surface area contributed by atoms with Gasteiger partial charge in [0.1, 0.15) is 5.60 Å². The van der Waals surface area contributed by atoms with Crippen LogP contribution in [-0.2, 0) is 4.74 Å². The van der Waals surface area contributed by atoms with Crippen molar-refractivity contribution in [1.29, 1.82) is 0 Å². The van der Waals surface area contributed by atoms with Crippen LogP contribution in [0.3, 0.4) is 0 Å². The molecule has 0 saturated heterocycles. The third kappa shape index (κ3) is 3.34. The normalized spacial score (nSPS) is 12.8. The van der Waals surface area contributed by atoms with Crippen LogP contribution < -0.4 is 11.5 Å². The number of nitrogens with zero attached hydrogens (tertiary/aromatic N) is 2. The molecule has 0 bridgehead atoms. The summed E-state index contributed by atoms with van der Waals surface area (Å²) in [6.45, 7) is 5.57. The summed E-state index contributed by atoms with van der Waals surface area (Å²) in [5.74, 6) is -0.0544. The van der Waals surface area contributed by atoms with E-state index in [1.54, 1.807) is 14.0 Å². The topological polar surface area (TPSA) is 86.0 Å². The first kappa shape index (κ1) is 10.9. The second-order valence-electron chi connectivity index (χ2n) is 2.92. The lowest BCUT2D eigenvalue weighted by Gasteiger charge is -2.21. The lowest BCUT2D eigenvalue weighted by Crippen LogP contribution is -2.32. The van der Waals surface area contributed by atoms with Gasteiger partial charge in [0.05, 0.1) is 5.71 Å². The molecule has 0 aliphatic heterocycles. The largest absolute Gasteiger partial charge is 0.373 e. The molecule has 70 valence electrons. The molecule has 0 heterocycles. The third-order valence-corrected chi connectivity index (χ3v) is 1.70. The van der Waals surface area contributed by atoms with E-state index in [2.05, 4.69) is 10.2 Å². The van der Waals surface area contributed by atoms with Crippen LogP contribution in [0, 0.1) is 0 Å². The second-order valence-corrected chi connectivity index (χ2v) is 2.92. The molecule has 5 heteroatoms. The maximum atomic E-state index is 5.15. The Balaban J connectivity index is 4.48. The Labute approximate surface area is 72.5 Å². The summed E-state index contributed by atoms with van der Waals surface area (Å²) in [5, 5.41) is 7.31. The molecule has 0 atom stereocenters. The highest BCUT2D eigenvalue weighted by Gasteiger charge is 2.20. The van der Waals surface area contributed by atoms with Gasteiger partial charge in [-0.3, -0.25) is 0 Å². The van der Waals surface area contributed by atoms with Crippen molar-refractivity contribution in [2.24, 2.45) is 21.7 Å². The van der Waals surface area contributed by atoms with Gasteiger partial charge in [-0.2, -0.15) is 5.10 Å². The molecular weight excluding hydrogens is 156 g/mol. The van der Waals surface area contributed by atoms with Crippen LogP contribution in [0.25, 0.3) is 0 Å². The van der Waals surface area contributed by atoms with Crippen molar-refractivity contribution >= 4 is 11.7 Å². The minimum atomic E-state index is -0.432. The van der Waals surface area contributed by atoms with Crippen molar-refractivity contribution in [3.8, 4) is 0 Å². The summed E-state index contributed by atoms with van der Waals surface area (Å²) in [4.78, 5) is 0. The first-order chi connectivity index (χ1) is 5.40. The number of hydrogen-bond donors (Lipinski definition) is 2. The SMILES string of the molecule is COC(C)(C)/C(C)=N/N=C(N)N. The minimum Gasteiger partial charge on any atom is -0.373 e. The Hall–Kier alpha value is -1.10. The maximum Gasteiger partial charge on any atom is 0.211 e. The average molecular weight is 172 g/mol. The van der Waals surface area contributed by atoms with Crippen LogP contribution in [0.1, 0.15) is 20.8 Å². The highest BCUT2D eigenvalue weighted by atomic mass is 16.5. The van der Waals surface area contributed by atoms with Gasteiger partial charge >= 0.3 is 0 Å². The molecule has 0 aromatic heterocycles. The van der Waals surface area contributed by atoms with Gasteiger partial charge in [0.15, 0.2) is 0 Å². The lowest BCUT2D eigenvalue weighted by molar-refractivity contribution is 0.0821. The average Bonchev–Trinajstić information content (AvgIpc) is 2.00. The molecule has 4 N–H and O–H groups in total. The zero-order valence-electron chi connectivity index (χ0n) is 7.96. The van der Waals surface area contributed by atoms with Crippen LogP contribution in [0.15, 0.2) is 10.2 Å². The molecule has 0 aliphatic carbocycles. The van der Waals surface area contributed by atoms with Crippen molar-refractivity contribution in [2.75, 3.05) is 7.11 Å². The van der Waals surface area contributed by atoms with E-state index in [0.29, 0.717) is 0 Å². The first-order valence-corrected chi connectivity index (χ1v) is 3.59. The molecule has 0 aliphatic rings. The summed E-state index contributed by atoms with van der Waals surface area (Å²) >= 11 is 0. The fourth-order valence-electron chi connectivity index (χ4n) is 0.401. The van der Waals surface area contributed by atoms with Crippen LogP contribution in [0.2, 0.25) is 0 Å². The number of nitrogens with two attached hydrogens (primary N) is 2. The van der Waals surface area contributed by atoms with Crippen LogP contribution in [-0.4, -0.2) is 24.4 Å². The summed E-state index contributed by atoms with van der Waals surface area (Å²) in [6, 6.07) is 0. The van der Waals surface area contributed by atoms with Gasteiger partial charge in [0, 0.05) is 7.11 Å². The molecule has 0 spiro atoms. The molecule has 0 aromatic rings. The Morgan fingerprint density at radius 3 is 2.08 bits per heavy atom. The van der Waals surface area contributed by atoms with Crippen LogP contribution >= 0.6 is 0 Å². The van der Waals surface area contributed by atoms with E-state index >= 15 is 0 Å². The predicted molar refractivity (Wildman–Crippen MR) is 50.0 cm³/mol. The number of guanidine groups is 1.